The Kier molecular flexibility index (Phi) is 6.12. The molecule has 1 aliphatic carbocycles. The van der Waals surface area contributed by atoms with E-state index in [4.69, 9.17) is 0 Å². The average molecular weight is 255 g/mol. The second-order valence-corrected chi connectivity index (χ2v) is 5.08. The lowest BCUT2D eigenvalue weighted by Crippen LogP contribution is -2.45. The summed E-state index contributed by atoms with van der Waals surface area (Å²) in [6.45, 7) is 0.449. The molecule has 0 unspecified atom stereocenters. The SMILES string of the molecule is CNCC(=O)N(C)CC(=O)N(C)C1CCCCC1. The zero-order chi connectivity index (χ0) is 13.5. The fraction of sp³-hybridized carbons (Fsp3) is 0.846. The van der Waals surface area contributed by atoms with E-state index in [1.165, 1.54) is 24.2 Å². The van der Waals surface area contributed by atoms with Gasteiger partial charge in [-0.15, -0.1) is 0 Å². The summed E-state index contributed by atoms with van der Waals surface area (Å²) >= 11 is 0. The first-order chi connectivity index (χ1) is 8.56. The number of carbonyl (C=O) groups is 2. The molecule has 1 rings (SSSR count). The molecule has 1 fully saturated rings. The van der Waals surface area contributed by atoms with E-state index in [0.717, 1.165) is 12.8 Å². The summed E-state index contributed by atoms with van der Waals surface area (Å²) in [5, 5.41) is 2.80. The summed E-state index contributed by atoms with van der Waals surface area (Å²) in [6, 6.07) is 0.360. The van der Waals surface area contributed by atoms with E-state index in [0.29, 0.717) is 6.04 Å². The lowest BCUT2D eigenvalue weighted by molar-refractivity contribution is -0.139. The molecule has 0 bridgehead atoms. The zero-order valence-corrected chi connectivity index (χ0v) is 11.7. The molecule has 0 saturated heterocycles. The molecule has 0 aromatic heterocycles. The third kappa shape index (κ3) is 4.29. The van der Waals surface area contributed by atoms with Crippen LogP contribution in [0.25, 0.3) is 0 Å². The molecule has 1 N–H and O–H groups in total. The Morgan fingerprint density at radius 3 is 2.28 bits per heavy atom. The molecule has 0 aliphatic heterocycles. The van der Waals surface area contributed by atoms with Gasteiger partial charge >= 0.3 is 0 Å². The molecule has 5 nitrogen and oxygen atoms in total. The van der Waals surface area contributed by atoms with Crippen LogP contribution in [0.5, 0.6) is 0 Å². The van der Waals surface area contributed by atoms with E-state index >= 15 is 0 Å². The van der Waals surface area contributed by atoms with Crippen LogP contribution in [0.1, 0.15) is 32.1 Å². The molecular formula is C13H25N3O2. The van der Waals surface area contributed by atoms with Crippen LogP contribution >= 0.6 is 0 Å². The maximum Gasteiger partial charge on any atom is 0.242 e. The molecule has 0 aromatic carbocycles. The third-order valence-corrected chi connectivity index (χ3v) is 3.64. The summed E-state index contributed by atoms with van der Waals surface area (Å²) in [6.07, 6.45) is 5.87. The molecule has 0 atom stereocenters. The molecular weight excluding hydrogens is 230 g/mol. The van der Waals surface area contributed by atoms with E-state index in [1.54, 1.807) is 14.1 Å². The maximum atomic E-state index is 12.1. The Morgan fingerprint density at radius 2 is 1.72 bits per heavy atom. The zero-order valence-electron chi connectivity index (χ0n) is 11.7. The van der Waals surface area contributed by atoms with Crippen LogP contribution in [0.15, 0.2) is 0 Å². The Labute approximate surface area is 110 Å². The molecule has 18 heavy (non-hydrogen) atoms. The van der Waals surface area contributed by atoms with Gasteiger partial charge in [0.05, 0.1) is 13.1 Å². The Bertz CT molecular complexity index is 288. The van der Waals surface area contributed by atoms with Gasteiger partial charge in [-0.05, 0) is 19.9 Å². The van der Waals surface area contributed by atoms with E-state index in [-0.39, 0.29) is 24.9 Å². The number of hydrogen-bond acceptors (Lipinski definition) is 3. The number of carbonyl (C=O) groups excluding carboxylic acids is 2. The molecule has 104 valence electrons. The minimum Gasteiger partial charge on any atom is -0.341 e. The normalized spacial score (nSPS) is 16.4. The van der Waals surface area contributed by atoms with Gasteiger partial charge in [0.1, 0.15) is 0 Å². The molecule has 2 amide bonds. The fourth-order valence-electron chi connectivity index (χ4n) is 2.36. The van der Waals surface area contributed by atoms with Crippen LogP contribution in [-0.2, 0) is 9.59 Å². The third-order valence-electron chi connectivity index (χ3n) is 3.64. The van der Waals surface area contributed by atoms with Crippen LogP contribution < -0.4 is 5.32 Å². The van der Waals surface area contributed by atoms with Gasteiger partial charge in [0.25, 0.3) is 0 Å². The van der Waals surface area contributed by atoms with Crippen molar-refractivity contribution < 1.29 is 9.59 Å². The number of hydrogen-bond donors (Lipinski definition) is 1. The van der Waals surface area contributed by atoms with Gasteiger partial charge in [0.15, 0.2) is 0 Å². The minimum atomic E-state index is -0.0529. The van der Waals surface area contributed by atoms with Crippen molar-refractivity contribution >= 4 is 11.8 Å². The molecule has 0 aromatic rings. The predicted molar refractivity (Wildman–Crippen MR) is 71.2 cm³/mol. The van der Waals surface area contributed by atoms with E-state index < -0.39 is 0 Å². The Morgan fingerprint density at radius 1 is 1.11 bits per heavy atom. The number of nitrogens with zero attached hydrogens (tertiary/aromatic N) is 2. The molecule has 0 spiro atoms. The Balaban J connectivity index is 2.41. The van der Waals surface area contributed by atoms with Gasteiger partial charge in [-0.25, -0.2) is 0 Å². The van der Waals surface area contributed by atoms with E-state index in [2.05, 4.69) is 5.32 Å². The van der Waals surface area contributed by atoms with Gasteiger partial charge in [-0.2, -0.15) is 0 Å². The first-order valence-electron chi connectivity index (χ1n) is 6.70. The van der Waals surface area contributed by atoms with Crippen molar-refractivity contribution in [3.05, 3.63) is 0 Å². The fourth-order valence-corrected chi connectivity index (χ4v) is 2.36. The topological polar surface area (TPSA) is 52.7 Å². The predicted octanol–water partition coefficient (Wildman–Crippen LogP) is 0.455. The highest BCUT2D eigenvalue weighted by atomic mass is 16.2. The monoisotopic (exact) mass is 255 g/mol. The van der Waals surface area contributed by atoms with Crippen LogP contribution in [0, 0.1) is 0 Å². The number of rotatable bonds is 5. The molecule has 1 aliphatic rings. The smallest absolute Gasteiger partial charge is 0.242 e. The highest BCUT2D eigenvalue weighted by Gasteiger charge is 2.23. The minimum absolute atomic E-state index is 0.0360. The maximum absolute atomic E-state index is 12.1. The first kappa shape index (κ1) is 15.0. The van der Waals surface area contributed by atoms with E-state index in [9.17, 15) is 9.59 Å². The summed E-state index contributed by atoms with van der Waals surface area (Å²) < 4.78 is 0. The summed E-state index contributed by atoms with van der Waals surface area (Å²) in [5.74, 6) is -0.0169. The lowest BCUT2D eigenvalue weighted by Gasteiger charge is -2.32. The largest absolute Gasteiger partial charge is 0.341 e. The molecule has 0 radical (unpaired) electrons. The van der Waals surface area contributed by atoms with Gasteiger partial charge in [-0.1, -0.05) is 19.3 Å². The highest BCUT2D eigenvalue weighted by Crippen LogP contribution is 2.21. The van der Waals surface area contributed by atoms with Crippen molar-refractivity contribution in [1.82, 2.24) is 15.1 Å². The highest BCUT2D eigenvalue weighted by molar-refractivity contribution is 5.85. The molecule has 5 heteroatoms. The molecule has 1 saturated carbocycles. The standard InChI is InChI=1S/C13H25N3O2/c1-14-9-12(17)15(2)10-13(18)16(3)11-7-5-4-6-8-11/h11,14H,4-10H2,1-3H3. The van der Waals surface area contributed by atoms with Crippen molar-refractivity contribution in [2.24, 2.45) is 0 Å². The van der Waals surface area contributed by atoms with Crippen molar-refractivity contribution in [2.75, 3.05) is 34.2 Å². The van der Waals surface area contributed by atoms with Crippen LogP contribution in [0.2, 0.25) is 0 Å². The van der Waals surface area contributed by atoms with Crippen molar-refractivity contribution in [2.45, 2.75) is 38.1 Å². The quantitative estimate of drug-likeness (QED) is 0.776. The second kappa shape index (κ2) is 7.36. The Hall–Kier alpha value is -1.10. The van der Waals surface area contributed by atoms with Crippen molar-refractivity contribution in [1.29, 1.82) is 0 Å². The summed E-state index contributed by atoms with van der Waals surface area (Å²) in [7, 11) is 5.25. The van der Waals surface area contributed by atoms with Crippen molar-refractivity contribution in [3.8, 4) is 0 Å². The second-order valence-electron chi connectivity index (χ2n) is 5.08. The molecule has 0 heterocycles. The van der Waals surface area contributed by atoms with Crippen molar-refractivity contribution in [3.63, 3.8) is 0 Å². The summed E-state index contributed by atoms with van der Waals surface area (Å²) in [5.41, 5.74) is 0. The van der Waals surface area contributed by atoms with Crippen LogP contribution in [0.3, 0.4) is 0 Å². The van der Waals surface area contributed by atoms with E-state index in [1.807, 2.05) is 11.9 Å². The van der Waals surface area contributed by atoms with Gasteiger partial charge < -0.3 is 15.1 Å². The number of likely N-dealkylation sites (N-methyl/N-ethyl adjacent to an activating group) is 3. The summed E-state index contributed by atoms with van der Waals surface area (Å²) in [4.78, 5) is 26.9. The van der Waals surface area contributed by atoms with Crippen LogP contribution in [0.4, 0.5) is 0 Å². The average Bonchev–Trinajstić information content (AvgIpc) is 2.39. The lowest BCUT2D eigenvalue weighted by atomic mass is 9.94. The van der Waals surface area contributed by atoms with Gasteiger partial charge in [-0.3, -0.25) is 9.59 Å². The van der Waals surface area contributed by atoms with Gasteiger partial charge in [0, 0.05) is 20.1 Å². The number of nitrogens with one attached hydrogen (secondary N) is 1. The number of amides is 2. The van der Waals surface area contributed by atoms with Crippen LogP contribution in [-0.4, -0.2) is 61.9 Å². The van der Waals surface area contributed by atoms with Gasteiger partial charge in [0.2, 0.25) is 11.8 Å². The first-order valence-corrected chi connectivity index (χ1v) is 6.70.